The van der Waals surface area contributed by atoms with Gasteiger partial charge >= 0.3 is 0 Å². The molecule has 2 aromatic carbocycles. The topological polar surface area (TPSA) is 32.8 Å². The number of hydrogen-bond donors (Lipinski definition) is 0. The van der Waals surface area contributed by atoms with E-state index in [0.717, 1.165) is 63.2 Å². The summed E-state index contributed by atoms with van der Waals surface area (Å²) in [6.07, 6.45) is 4.37. The second-order valence-electron chi connectivity index (χ2n) is 9.99. The molecule has 2 aliphatic rings. The molecule has 2 unspecified atom stereocenters. The van der Waals surface area contributed by atoms with Gasteiger partial charge in [0.05, 0.1) is 7.11 Å². The smallest absolute Gasteiger partial charge is 0.225 e. The molecular formula is C28H37FN2O2. The van der Waals surface area contributed by atoms with Gasteiger partial charge in [-0.3, -0.25) is 9.69 Å². The second-order valence-corrected chi connectivity index (χ2v) is 9.99. The third-order valence-electron chi connectivity index (χ3n) is 7.44. The van der Waals surface area contributed by atoms with Crippen LogP contribution in [0, 0.1) is 17.7 Å². The van der Waals surface area contributed by atoms with Crippen LogP contribution in [0.4, 0.5) is 4.39 Å². The molecule has 1 aliphatic carbocycles. The predicted octanol–water partition coefficient (Wildman–Crippen LogP) is 5.48. The molecule has 0 spiro atoms. The Morgan fingerprint density at radius 3 is 2.45 bits per heavy atom. The summed E-state index contributed by atoms with van der Waals surface area (Å²) >= 11 is 0. The number of hydrogen-bond acceptors (Lipinski definition) is 3. The van der Waals surface area contributed by atoms with Crippen molar-refractivity contribution >= 4 is 5.91 Å². The number of rotatable bonds is 8. The molecule has 5 heteroatoms. The van der Waals surface area contributed by atoms with Gasteiger partial charge in [-0.1, -0.05) is 43.2 Å². The molecule has 33 heavy (non-hydrogen) atoms. The molecular weight excluding hydrogens is 415 g/mol. The van der Waals surface area contributed by atoms with Crippen LogP contribution in [0.25, 0.3) is 0 Å². The van der Waals surface area contributed by atoms with Gasteiger partial charge in [-0.05, 0) is 56.4 Å². The lowest BCUT2D eigenvalue weighted by Crippen LogP contribution is -2.44. The number of para-hydroxylation sites is 1. The van der Waals surface area contributed by atoms with Crippen LogP contribution in [0.3, 0.4) is 0 Å². The first-order valence-corrected chi connectivity index (χ1v) is 12.4. The summed E-state index contributed by atoms with van der Waals surface area (Å²) in [6, 6.07) is 15.3. The number of carbonyl (C=O) groups excluding carboxylic acids is 1. The van der Waals surface area contributed by atoms with Crippen molar-refractivity contribution in [3.05, 3.63) is 65.5 Å². The number of ether oxygens (including phenoxy) is 1. The summed E-state index contributed by atoms with van der Waals surface area (Å²) < 4.78 is 19.2. The fourth-order valence-electron chi connectivity index (χ4n) is 5.65. The van der Waals surface area contributed by atoms with Gasteiger partial charge in [0.25, 0.3) is 0 Å². The maximum atomic E-state index is 13.6. The molecule has 2 atom stereocenters. The van der Waals surface area contributed by atoms with Gasteiger partial charge in [-0.15, -0.1) is 0 Å². The van der Waals surface area contributed by atoms with Crippen LogP contribution in [0.2, 0.25) is 0 Å². The molecule has 178 valence electrons. The molecule has 0 N–H and O–H groups in total. The Kier molecular flexibility index (Phi) is 7.69. The molecule has 1 saturated heterocycles. The third-order valence-corrected chi connectivity index (χ3v) is 7.44. The Labute approximate surface area is 197 Å². The minimum absolute atomic E-state index is 0.176. The first kappa shape index (κ1) is 23.7. The number of benzene rings is 2. The van der Waals surface area contributed by atoms with E-state index in [0.29, 0.717) is 11.8 Å². The normalized spacial score (nSPS) is 21.6. The van der Waals surface area contributed by atoms with Gasteiger partial charge in [0.15, 0.2) is 0 Å². The largest absolute Gasteiger partial charge is 0.496 e. The number of nitrogens with zero attached hydrogens (tertiary/aromatic N) is 2. The highest BCUT2D eigenvalue weighted by Gasteiger charge is 2.38. The van der Waals surface area contributed by atoms with Crippen LogP contribution >= 0.6 is 0 Å². The molecule has 1 aliphatic heterocycles. The van der Waals surface area contributed by atoms with Crippen LogP contribution in [0.5, 0.6) is 5.75 Å². The fourth-order valence-corrected chi connectivity index (χ4v) is 5.65. The van der Waals surface area contributed by atoms with E-state index < -0.39 is 0 Å². The second kappa shape index (κ2) is 10.7. The monoisotopic (exact) mass is 452 g/mol. The summed E-state index contributed by atoms with van der Waals surface area (Å²) in [5.41, 5.74) is 2.32. The molecule has 0 radical (unpaired) electrons. The number of likely N-dealkylation sites (tertiary alicyclic amines) is 1. The summed E-state index contributed by atoms with van der Waals surface area (Å²) in [4.78, 5) is 17.9. The van der Waals surface area contributed by atoms with E-state index in [9.17, 15) is 9.18 Å². The maximum Gasteiger partial charge on any atom is 0.225 e. The van der Waals surface area contributed by atoms with E-state index in [2.05, 4.69) is 29.7 Å². The van der Waals surface area contributed by atoms with Gasteiger partial charge in [-0.25, -0.2) is 4.39 Å². The predicted molar refractivity (Wildman–Crippen MR) is 130 cm³/mol. The Morgan fingerprint density at radius 2 is 1.79 bits per heavy atom. The van der Waals surface area contributed by atoms with E-state index in [1.807, 2.05) is 30.3 Å². The average Bonchev–Trinajstić information content (AvgIpc) is 3.48. The molecule has 1 amide bonds. The van der Waals surface area contributed by atoms with Gasteiger partial charge in [0, 0.05) is 49.6 Å². The molecule has 4 nitrogen and oxygen atoms in total. The van der Waals surface area contributed by atoms with Crippen molar-refractivity contribution in [2.24, 2.45) is 11.8 Å². The molecule has 2 aromatic rings. The minimum atomic E-state index is -0.209. The zero-order valence-corrected chi connectivity index (χ0v) is 20.2. The summed E-state index contributed by atoms with van der Waals surface area (Å²) in [6.45, 7) is 7.59. The number of amides is 1. The molecule has 2 fully saturated rings. The minimum Gasteiger partial charge on any atom is -0.496 e. The van der Waals surface area contributed by atoms with Crippen LogP contribution in [0.15, 0.2) is 48.5 Å². The Balaban J connectivity index is 1.55. The summed E-state index contributed by atoms with van der Waals surface area (Å²) in [5.74, 6) is 1.76. The third kappa shape index (κ3) is 5.57. The fraction of sp³-hybridized carbons (Fsp3) is 0.536. The zero-order valence-electron chi connectivity index (χ0n) is 20.2. The van der Waals surface area contributed by atoms with Gasteiger partial charge < -0.3 is 9.64 Å². The molecule has 1 saturated carbocycles. The van der Waals surface area contributed by atoms with Crippen LogP contribution in [0.1, 0.15) is 56.6 Å². The summed E-state index contributed by atoms with van der Waals surface area (Å²) in [7, 11) is 1.71. The van der Waals surface area contributed by atoms with Crippen molar-refractivity contribution in [2.45, 2.75) is 58.0 Å². The van der Waals surface area contributed by atoms with Crippen molar-refractivity contribution in [1.29, 1.82) is 0 Å². The number of carbonyl (C=O) groups is 1. The van der Waals surface area contributed by atoms with E-state index in [1.54, 1.807) is 19.2 Å². The SMILES string of the molecule is COc1ccccc1CN1CC(CN(C(=O)C2CCCC2)C(C)C)C(c2ccc(F)cc2)C1. The average molecular weight is 453 g/mol. The lowest BCUT2D eigenvalue weighted by atomic mass is 9.88. The standard InChI is InChI=1S/C28H37FN2O2/c1-20(2)31(28(32)22-8-4-5-9-22)18-24-17-30(16-23-10-6-7-11-27(23)33-3)19-26(24)21-12-14-25(29)15-13-21/h6-7,10-15,20,22,24,26H,4-5,8-9,16-19H2,1-3H3. The van der Waals surface area contributed by atoms with Crippen LogP contribution in [-0.2, 0) is 11.3 Å². The van der Waals surface area contributed by atoms with Gasteiger partial charge in [0.2, 0.25) is 5.91 Å². The molecule has 1 heterocycles. The van der Waals surface area contributed by atoms with Crippen molar-refractivity contribution in [1.82, 2.24) is 9.80 Å². The van der Waals surface area contributed by atoms with Crippen LogP contribution < -0.4 is 4.74 Å². The highest BCUT2D eigenvalue weighted by Crippen LogP contribution is 2.36. The molecule has 0 bridgehead atoms. The van der Waals surface area contributed by atoms with Crippen molar-refractivity contribution in [3.8, 4) is 5.75 Å². The zero-order chi connectivity index (χ0) is 23.4. The Bertz CT molecular complexity index is 924. The lowest BCUT2D eigenvalue weighted by Gasteiger charge is -2.33. The quantitative estimate of drug-likeness (QED) is 0.532. The van der Waals surface area contributed by atoms with E-state index in [4.69, 9.17) is 4.74 Å². The number of halogens is 1. The first-order valence-electron chi connectivity index (χ1n) is 12.4. The summed E-state index contributed by atoms with van der Waals surface area (Å²) in [5, 5.41) is 0. The highest BCUT2D eigenvalue weighted by molar-refractivity contribution is 5.79. The van der Waals surface area contributed by atoms with E-state index in [-0.39, 0.29) is 23.7 Å². The molecule has 0 aromatic heterocycles. The number of methoxy groups -OCH3 is 1. The Morgan fingerprint density at radius 1 is 1.09 bits per heavy atom. The van der Waals surface area contributed by atoms with Crippen molar-refractivity contribution in [2.75, 3.05) is 26.7 Å². The van der Waals surface area contributed by atoms with Crippen molar-refractivity contribution < 1.29 is 13.9 Å². The van der Waals surface area contributed by atoms with Crippen molar-refractivity contribution in [3.63, 3.8) is 0 Å². The highest BCUT2D eigenvalue weighted by atomic mass is 19.1. The molecule has 4 rings (SSSR count). The van der Waals surface area contributed by atoms with E-state index in [1.165, 1.54) is 5.56 Å². The lowest BCUT2D eigenvalue weighted by molar-refractivity contribution is -0.137. The van der Waals surface area contributed by atoms with Gasteiger partial charge in [-0.2, -0.15) is 0 Å². The van der Waals surface area contributed by atoms with Crippen LogP contribution in [-0.4, -0.2) is 48.5 Å². The van der Waals surface area contributed by atoms with Gasteiger partial charge in [0.1, 0.15) is 11.6 Å². The first-order chi connectivity index (χ1) is 16.0. The maximum absolute atomic E-state index is 13.6. The van der Waals surface area contributed by atoms with E-state index >= 15 is 0 Å². The Hall–Kier alpha value is -2.40.